The Morgan fingerprint density at radius 2 is 1.83 bits per heavy atom. The fraction of sp³-hybridized carbons (Fsp3) is 0.562. The van der Waals surface area contributed by atoms with Gasteiger partial charge in [0, 0.05) is 65.0 Å². The molecule has 2 saturated heterocycles. The normalized spacial score (nSPS) is 19.4. The molecule has 0 N–H and O–H groups in total. The molecule has 14 heteroatoms. The van der Waals surface area contributed by atoms with Crippen LogP contribution in [0.2, 0.25) is 5.02 Å². The summed E-state index contributed by atoms with van der Waals surface area (Å²) >= 11 is 6.68. The van der Waals surface area contributed by atoms with Crippen molar-refractivity contribution in [2.24, 2.45) is 0 Å². The Morgan fingerprint density at radius 3 is 2.46 bits per heavy atom. The minimum atomic E-state index is -4.63. The molecule has 3 heterocycles. The van der Waals surface area contributed by atoms with Crippen LogP contribution in [0.5, 0.6) is 0 Å². The van der Waals surface area contributed by atoms with Crippen LogP contribution in [0.15, 0.2) is 30.3 Å². The van der Waals surface area contributed by atoms with Crippen LogP contribution in [-0.2, 0) is 20.5 Å². The van der Waals surface area contributed by atoms with Crippen LogP contribution in [-0.4, -0.2) is 97.2 Å². The number of carbonyl (C=O) groups is 3. The van der Waals surface area contributed by atoms with E-state index in [1.54, 1.807) is 30.1 Å². The number of nitrogens with zero attached hydrogens (tertiary/aromatic N) is 6. The zero-order valence-corrected chi connectivity index (χ0v) is 28.1. The van der Waals surface area contributed by atoms with E-state index in [0.29, 0.717) is 49.1 Å². The minimum Gasteiger partial charge on any atom is -0.444 e. The molecule has 2 fully saturated rings. The van der Waals surface area contributed by atoms with E-state index in [1.165, 1.54) is 11.8 Å². The largest absolute Gasteiger partial charge is 0.444 e. The maximum Gasteiger partial charge on any atom is 0.416 e. The van der Waals surface area contributed by atoms with E-state index in [2.05, 4.69) is 9.88 Å². The molecule has 46 heavy (non-hydrogen) atoms. The van der Waals surface area contributed by atoms with Crippen LogP contribution < -0.4 is 14.7 Å². The summed E-state index contributed by atoms with van der Waals surface area (Å²) in [6.07, 6.45) is -4.82. The minimum absolute atomic E-state index is 0.00311. The molecule has 10 nitrogen and oxygen atoms in total. The average Bonchev–Trinajstić information content (AvgIpc) is 3.34. The van der Waals surface area contributed by atoms with Crippen molar-refractivity contribution in [2.45, 2.75) is 71.3 Å². The second kappa shape index (κ2) is 13.6. The summed E-state index contributed by atoms with van der Waals surface area (Å²) in [4.78, 5) is 52.0. The van der Waals surface area contributed by atoms with Gasteiger partial charge in [-0.1, -0.05) is 17.7 Å². The maximum absolute atomic E-state index is 13.9. The van der Waals surface area contributed by atoms with Gasteiger partial charge in [-0.15, -0.1) is 0 Å². The lowest BCUT2D eigenvalue weighted by Crippen LogP contribution is -2.55. The van der Waals surface area contributed by atoms with Crippen LogP contribution in [0.3, 0.4) is 0 Å². The molecule has 0 radical (unpaired) electrons. The van der Waals surface area contributed by atoms with Gasteiger partial charge in [0.25, 0.3) is 0 Å². The number of carbonyl (C=O) groups excluding carboxylic acids is 3. The highest BCUT2D eigenvalue weighted by atomic mass is 35.5. The van der Waals surface area contributed by atoms with Gasteiger partial charge in [0.15, 0.2) is 0 Å². The molecule has 0 aliphatic carbocycles. The van der Waals surface area contributed by atoms with E-state index in [4.69, 9.17) is 16.3 Å². The van der Waals surface area contributed by atoms with Crippen LogP contribution >= 0.6 is 11.6 Å². The molecule has 252 valence electrons. The number of likely N-dealkylation sites (N-methyl/N-ethyl adjacent to an activating group) is 2. The quantitative estimate of drug-likeness (QED) is 0.380. The van der Waals surface area contributed by atoms with Crippen molar-refractivity contribution in [1.82, 2.24) is 14.8 Å². The highest BCUT2D eigenvalue weighted by Gasteiger charge is 2.41. The second-order valence-electron chi connectivity index (χ2n) is 12.9. The van der Waals surface area contributed by atoms with Crippen molar-refractivity contribution in [3.05, 3.63) is 46.6 Å². The second-order valence-corrected chi connectivity index (χ2v) is 13.3. The molecule has 2 aromatic rings. The zero-order valence-electron chi connectivity index (χ0n) is 27.3. The molecule has 1 aromatic carbocycles. The molecule has 1 aromatic heterocycles. The number of benzene rings is 1. The highest BCUT2D eigenvalue weighted by molar-refractivity contribution is 6.34. The van der Waals surface area contributed by atoms with E-state index in [-0.39, 0.29) is 36.5 Å². The van der Waals surface area contributed by atoms with Gasteiger partial charge in [-0.05, 0) is 65.3 Å². The monoisotopic (exact) mass is 666 g/mol. The summed E-state index contributed by atoms with van der Waals surface area (Å²) in [5.41, 5.74) is -0.325. The van der Waals surface area contributed by atoms with Crippen molar-refractivity contribution >= 4 is 46.7 Å². The number of pyridine rings is 1. The number of para-hydroxylation sites is 1. The fourth-order valence-corrected chi connectivity index (χ4v) is 6.18. The lowest BCUT2D eigenvalue weighted by atomic mass is 10.1. The number of hydrogen-bond donors (Lipinski definition) is 0. The van der Waals surface area contributed by atoms with Crippen molar-refractivity contribution in [1.29, 1.82) is 0 Å². The first-order valence-corrected chi connectivity index (χ1v) is 15.6. The first-order valence-electron chi connectivity index (χ1n) is 15.2. The molecular weight excluding hydrogens is 625 g/mol. The number of ether oxygens (including phenoxy) is 1. The van der Waals surface area contributed by atoms with E-state index in [9.17, 15) is 27.6 Å². The summed E-state index contributed by atoms with van der Waals surface area (Å²) in [5, 5.41) is 0.414. The fourth-order valence-electron chi connectivity index (χ4n) is 5.87. The third-order valence-electron chi connectivity index (χ3n) is 8.14. The van der Waals surface area contributed by atoms with Crippen LogP contribution in [0.25, 0.3) is 0 Å². The summed E-state index contributed by atoms with van der Waals surface area (Å²) in [6.45, 7) is 12.0. The van der Waals surface area contributed by atoms with Gasteiger partial charge in [-0.2, -0.15) is 13.2 Å². The highest BCUT2D eigenvalue weighted by Crippen LogP contribution is 2.38. The number of halogens is 4. The number of anilines is 3. The predicted molar refractivity (Wildman–Crippen MR) is 171 cm³/mol. The smallest absolute Gasteiger partial charge is 0.416 e. The van der Waals surface area contributed by atoms with E-state index < -0.39 is 35.2 Å². The summed E-state index contributed by atoms with van der Waals surface area (Å²) in [7, 11) is 3.43. The Balaban J connectivity index is 1.48. The molecule has 1 unspecified atom stereocenters. The molecular formula is C32H42ClF3N6O4. The van der Waals surface area contributed by atoms with Crippen molar-refractivity contribution in [2.75, 3.05) is 61.5 Å². The number of alkyl halides is 3. The molecule has 4 rings (SSSR count). The van der Waals surface area contributed by atoms with Crippen LogP contribution in [0, 0.1) is 6.92 Å². The van der Waals surface area contributed by atoms with Gasteiger partial charge in [0.2, 0.25) is 11.8 Å². The third kappa shape index (κ3) is 8.03. The van der Waals surface area contributed by atoms with Gasteiger partial charge >= 0.3 is 12.3 Å². The number of piperazine rings is 1. The Morgan fingerprint density at radius 1 is 1.13 bits per heavy atom. The van der Waals surface area contributed by atoms with Crippen molar-refractivity contribution in [3.63, 3.8) is 0 Å². The maximum atomic E-state index is 13.9. The number of amides is 3. The zero-order chi connectivity index (χ0) is 34.1. The SMILES string of the molecule is Cc1cc(C(F)(F)F)cc(N2C(=O)CCC2C(=O)N(C)c2cccc(Cl)c2N(C)CCN2CCN(C(=O)OC(C)(C)C)[C@H](C)C2)n1. The van der Waals surface area contributed by atoms with E-state index in [0.717, 1.165) is 17.0 Å². The topological polar surface area (TPSA) is 89.5 Å². The number of rotatable bonds is 7. The Kier molecular flexibility index (Phi) is 10.5. The van der Waals surface area contributed by atoms with Crippen molar-refractivity contribution < 1.29 is 32.3 Å². The van der Waals surface area contributed by atoms with Gasteiger partial charge < -0.3 is 19.4 Å². The van der Waals surface area contributed by atoms with Crippen LogP contribution in [0.4, 0.5) is 35.2 Å². The third-order valence-corrected chi connectivity index (χ3v) is 8.45. The summed E-state index contributed by atoms with van der Waals surface area (Å²) < 4.78 is 46.2. The molecule has 2 atom stereocenters. The van der Waals surface area contributed by atoms with Gasteiger partial charge in [-0.3, -0.25) is 19.4 Å². The van der Waals surface area contributed by atoms with Gasteiger partial charge in [-0.25, -0.2) is 9.78 Å². The number of hydrogen-bond acceptors (Lipinski definition) is 7. The van der Waals surface area contributed by atoms with Gasteiger partial charge in [0.1, 0.15) is 17.5 Å². The molecule has 0 spiro atoms. The lowest BCUT2D eigenvalue weighted by Gasteiger charge is -2.40. The van der Waals surface area contributed by atoms with Crippen LogP contribution in [0.1, 0.15) is 51.8 Å². The number of aryl methyl sites for hydroxylation is 1. The molecule has 3 amide bonds. The predicted octanol–water partition coefficient (Wildman–Crippen LogP) is 5.60. The van der Waals surface area contributed by atoms with E-state index >= 15 is 0 Å². The number of aromatic nitrogens is 1. The molecule has 0 bridgehead atoms. The Hall–Kier alpha value is -3.58. The molecule has 2 aliphatic heterocycles. The summed E-state index contributed by atoms with van der Waals surface area (Å²) in [6, 6.07) is 5.81. The van der Waals surface area contributed by atoms with Gasteiger partial charge in [0.05, 0.1) is 22.0 Å². The summed E-state index contributed by atoms with van der Waals surface area (Å²) in [5.74, 6) is -1.14. The van der Waals surface area contributed by atoms with Crippen molar-refractivity contribution in [3.8, 4) is 0 Å². The molecule has 2 aliphatic rings. The first kappa shape index (κ1) is 35.3. The lowest BCUT2D eigenvalue weighted by molar-refractivity contribution is -0.137. The van der Waals surface area contributed by atoms with E-state index in [1.807, 2.05) is 39.6 Å². The average molecular weight is 667 g/mol. The Bertz CT molecular complexity index is 1470. The Labute approximate surface area is 273 Å². The standard InChI is InChI=1S/C32H42ClF3N6O4/c1-20-17-22(32(34,35)36)18-26(37-20)42-25(11-12-27(42)43)29(44)39(7)24-10-8-9-23(33)28(24)38(6)13-14-40-15-16-41(21(2)19-40)30(45)46-31(3,4)5/h8-10,17-18,21,25H,11-16,19H2,1-7H3/t21-,25?/m1/s1. The molecule has 0 saturated carbocycles. The first-order chi connectivity index (χ1) is 21.4.